The highest BCUT2D eigenvalue weighted by Crippen LogP contribution is 2.22. The zero-order valence-corrected chi connectivity index (χ0v) is 12.5. The monoisotopic (exact) mass is 290 g/mol. The Bertz CT molecular complexity index is 530. The van der Waals surface area contributed by atoms with E-state index in [1.807, 2.05) is 19.9 Å². The number of nitrogens with one attached hydrogen (secondary N) is 1. The van der Waals surface area contributed by atoms with Crippen LogP contribution in [0.25, 0.3) is 0 Å². The molecule has 1 saturated heterocycles. The van der Waals surface area contributed by atoms with Crippen LogP contribution >= 0.6 is 0 Å². The minimum absolute atomic E-state index is 0.00251. The summed E-state index contributed by atoms with van der Waals surface area (Å²) in [6.45, 7) is 4.49. The molecule has 0 bridgehead atoms. The van der Waals surface area contributed by atoms with E-state index in [0.717, 1.165) is 12.1 Å². The van der Waals surface area contributed by atoms with Crippen molar-refractivity contribution in [3.8, 4) is 0 Å². The molecule has 1 aromatic rings. The quantitative estimate of drug-likeness (QED) is 0.864. The van der Waals surface area contributed by atoms with E-state index in [1.165, 1.54) is 0 Å². The van der Waals surface area contributed by atoms with Crippen molar-refractivity contribution in [2.24, 2.45) is 5.92 Å². The van der Waals surface area contributed by atoms with Crippen molar-refractivity contribution >= 4 is 17.5 Å². The Kier molecular flexibility index (Phi) is 4.96. The summed E-state index contributed by atoms with van der Waals surface area (Å²) in [4.78, 5) is 25.7. The second kappa shape index (κ2) is 6.72. The highest BCUT2D eigenvalue weighted by molar-refractivity contribution is 5.99. The molecule has 0 aromatic heterocycles. The van der Waals surface area contributed by atoms with Crippen LogP contribution in [-0.4, -0.2) is 36.1 Å². The summed E-state index contributed by atoms with van der Waals surface area (Å²) in [7, 11) is 0. The first-order chi connectivity index (χ1) is 10.0. The lowest BCUT2D eigenvalue weighted by atomic mass is 10.0. The van der Waals surface area contributed by atoms with Gasteiger partial charge in [-0.25, -0.2) is 0 Å². The number of hydrogen-bond donors (Lipinski definition) is 2. The van der Waals surface area contributed by atoms with E-state index in [4.69, 9.17) is 5.11 Å². The van der Waals surface area contributed by atoms with E-state index in [-0.39, 0.29) is 30.4 Å². The number of aliphatic hydroxyl groups excluding tert-OH is 1. The zero-order chi connectivity index (χ0) is 15.4. The van der Waals surface area contributed by atoms with Gasteiger partial charge in [-0.05, 0) is 37.5 Å². The number of carbonyl (C=O) groups is 2. The third-order valence-corrected chi connectivity index (χ3v) is 3.99. The van der Waals surface area contributed by atoms with Crippen LogP contribution in [-0.2, 0) is 4.79 Å². The van der Waals surface area contributed by atoms with Gasteiger partial charge in [0, 0.05) is 36.9 Å². The molecule has 1 fully saturated rings. The first kappa shape index (κ1) is 15.5. The Balaban J connectivity index is 2.10. The van der Waals surface area contributed by atoms with Crippen molar-refractivity contribution in [1.82, 2.24) is 5.32 Å². The predicted octanol–water partition coefficient (Wildman–Crippen LogP) is 1.56. The van der Waals surface area contributed by atoms with Gasteiger partial charge in [0.05, 0.1) is 0 Å². The van der Waals surface area contributed by atoms with Crippen LogP contribution < -0.4 is 10.2 Å². The van der Waals surface area contributed by atoms with E-state index < -0.39 is 0 Å². The maximum atomic E-state index is 12.2. The van der Waals surface area contributed by atoms with Crippen molar-refractivity contribution in [3.05, 3.63) is 29.8 Å². The number of hydrogen-bond acceptors (Lipinski definition) is 3. The van der Waals surface area contributed by atoms with Crippen molar-refractivity contribution in [2.75, 3.05) is 18.1 Å². The average Bonchev–Trinajstić information content (AvgIpc) is 2.92. The van der Waals surface area contributed by atoms with Crippen LogP contribution in [0.15, 0.2) is 24.3 Å². The number of anilines is 1. The second-order valence-corrected chi connectivity index (χ2v) is 5.62. The van der Waals surface area contributed by atoms with Gasteiger partial charge in [-0.2, -0.15) is 0 Å². The van der Waals surface area contributed by atoms with Gasteiger partial charge in [0.1, 0.15) is 0 Å². The fraction of sp³-hybridized carbons (Fsp3) is 0.500. The van der Waals surface area contributed by atoms with Crippen molar-refractivity contribution in [2.45, 2.75) is 32.7 Å². The van der Waals surface area contributed by atoms with Gasteiger partial charge >= 0.3 is 0 Å². The largest absolute Gasteiger partial charge is 0.396 e. The van der Waals surface area contributed by atoms with E-state index in [2.05, 4.69) is 5.32 Å². The Hall–Kier alpha value is -1.88. The summed E-state index contributed by atoms with van der Waals surface area (Å²) in [5.41, 5.74) is 1.30. The molecule has 1 heterocycles. The van der Waals surface area contributed by atoms with Crippen molar-refractivity contribution in [3.63, 3.8) is 0 Å². The van der Waals surface area contributed by atoms with Crippen LogP contribution in [0.3, 0.4) is 0 Å². The molecule has 0 spiro atoms. The molecule has 0 radical (unpaired) electrons. The molecule has 0 aliphatic carbocycles. The van der Waals surface area contributed by atoms with Crippen LogP contribution in [0.4, 0.5) is 5.69 Å². The summed E-state index contributed by atoms with van der Waals surface area (Å²) in [6, 6.07) is 7.00. The molecular formula is C16H22N2O3. The van der Waals surface area contributed by atoms with Gasteiger partial charge in [0.25, 0.3) is 5.91 Å². The highest BCUT2D eigenvalue weighted by Gasteiger charge is 2.22. The molecule has 21 heavy (non-hydrogen) atoms. The minimum Gasteiger partial charge on any atom is -0.396 e. The SMILES string of the molecule is CC(CO)C(C)NC(=O)c1cccc(N2CCCC2=O)c1. The lowest BCUT2D eigenvalue weighted by Gasteiger charge is -2.20. The molecule has 1 aliphatic heterocycles. The number of carbonyl (C=O) groups excluding carboxylic acids is 2. The highest BCUT2D eigenvalue weighted by atomic mass is 16.3. The number of benzene rings is 1. The number of amides is 2. The van der Waals surface area contributed by atoms with Gasteiger partial charge in [-0.1, -0.05) is 13.0 Å². The molecule has 2 unspecified atom stereocenters. The maximum absolute atomic E-state index is 12.2. The molecule has 0 saturated carbocycles. The van der Waals surface area contributed by atoms with Crippen LogP contribution in [0.1, 0.15) is 37.0 Å². The smallest absolute Gasteiger partial charge is 0.251 e. The zero-order valence-electron chi connectivity index (χ0n) is 12.5. The molecule has 2 rings (SSSR count). The Morgan fingerprint density at radius 1 is 1.43 bits per heavy atom. The first-order valence-corrected chi connectivity index (χ1v) is 7.35. The molecule has 2 atom stereocenters. The molecule has 2 N–H and O–H groups in total. The summed E-state index contributed by atoms with van der Waals surface area (Å²) in [5.74, 6) is -0.0802. The third-order valence-electron chi connectivity index (χ3n) is 3.99. The van der Waals surface area contributed by atoms with Gasteiger partial charge in [-0.15, -0.1) is 0 Å². The predicted molar refractivity (Wildman–Crippen MR) is 81.2 cm³/mol. The fourth-order valence-corrected chi connectivity index (χ4v) is 2.33. The van der Waals surface area contributed by atoms with E-state index >= 15 is 0 Å². The van der Waals surface area contributed by atoms with Crippen molar-refractivity contribution < 1.29 is 14.7 Å². The maximum Gasteiger partial charge on any atom is 0.251 e. The van der Waals surface area contributed by atoms with Crippen LogP contribution in [0, 0.1) is 5.92 Å². The number of rotatable bonds is 5. The summed E-state index contributed by atoms with van der Waals surface area (Å²) >= 11 is 0. The summed E-state index contributed by atoms with van der Waals surface area (Å²) in [5, 5.41) is 12.0. The van der Waals surface area contributed by atoms with Crippen LogP contribution in [0.2, 0.25) is 0 Å². The molecule has 1 aromatic carbocycles. The van der Waals surface area contributed by atoms with Crippen LogP contribution in [0.5, 0.6) is 0 Å². The fourth-order valence-electron chi connectivity index (χ4n) is 2.33. The Morgan fingerprint density at radius 2 is 2.19 bits per heavy atom. The summed E-state index contributed by atoms with van der Waals surface area (Å²) < 4.78 is 0. The summed E-state index contributed by atoms with van der Waals surface area (Å²) in [6.07, 6.45) is 1.43. The molecule has 114 valence electrons. The van der Waals surface area contributed by atoms with Gasteiger partial charge in [0.15, 0.2) is 0 Å². The van der Waals surface area contributed by atoms with Crippen molar-refractivity contribution in [1.29, 1.82) is 0 Å². The first-order valence-electron chi connectivity index (χ1n) is 7.35. The normalized spacial score (nSPS) is 17.7. The Labute approximate surface area is 125 Å². The average molecular weight is 290 g/mol. The number of aliphatic hydroxyl groups is 1. The van der Waals surface area contributed by atoms with Gasteiger partial charge in [0.2, 0.25) is 5.91 Å². The molecule has 1 aliphatic rings. The molecule has 5 heteroatoms. The lowest BCUT2D eigenvalue weighted by molar-refractivity contribution is -0.117. The molecular weight excluding hydrogens is 268 g/mol. The lowest BCUT2D eigenvalue weighted by Crippen LogP contribution is -2.38. The number of nitrogens with zero attached hydrogens (tertiary/aromatic N) is 1. The van der Waals surface area contributed by atoms with Gasteiger partial charge in [-0.3, -0.25) is 9.59 Å². The standard InChI is InChI=1S/C16H22N2O3/c1-11(10-19)12(2)17-16(21)13-5-3-6-14(9-13)18-8-4-7-15(18)20/h3,5-6,9,11-12,19H,4,7-8,10H2,1-2H3,(H,17,21). The molecule has 2 amide bonds. The third kappa shape index (κ3) is 3.61. The molecule has 5 nitrogen and oxygen atoms in total. The van der Waals surface area contributed by atoms with E-state index in [9.17, 15) is 9.59 Å². The Morgan fingerprint density at radius 3 is 2.81 bits per heavy atom. The minimum atomic E-state index is -0.184. The van der Waals surface area contributed by atoms with E-state index in [0.29, 0.717) is 18.5 Å². The second-order valence-electron chi connectivity index (χ2n) is 5.62. The van der Waals surface area contributed by atoms with E-state index in [1.54, 1.807) is 23.1 Å². The topological polar surface area (TPSA) is 69.6 Å². The van der Waals surface area contributed by atoms with Gasteiger partial charge < -0.3 is 15.3 Å².